The van der Waals surface area contributed by atoms with E-state index in [9.17, 15) is 0 Å². The number of methoxy groups -OCH3 is 1. The first-order valence-corrected chi connectivity index (χ1v) is 10.4. The number of morpholine rings is 1. The predicted octanol–water partition coefficient (Wildman–Crippen LogP) is 4.27. The molecule has 156 valence electrons. The van der Waals surface area contributed by atoms with Crippen molar-refractivity contribution in [3.05, 3.63) is 84.4 Å². The van der Waals surface area contributed by atoms with Crippen LogP contribution in [0, 0.1) is 0 Å². The number of rotatable bonds is 5. The van der Waals surface area contributed by atoms with Gasteiger partial charge in [-0.3, -0.25) is 14.9 Å². The van der Waals surface area contributed by atoms with Crippen LogP contribution in [0.2, 0.25) is 0 Å². The van der Waals surface area contributed by atoms with Gasteiger partial charge in [-0.1, -0.05) is 18.2 Å². The second-order valence-electron chi connectivity index (χ2n) is 7.64. The van der Waals surface area contributed by atoms with Crippen LogP contribution >= 0.6 is 0 Å². The maximum Gasteiger partial charge on any atom is 0.118 e. The fraction of sp³-hybridized carbons (Fsp3) is 0.240. The summed E-state index contributed by atoms with van der Waals surface area (Å²) in [6.45, 7) is 3.19. The molecule has 6 nitrogen and oxygen atoms in total. The zero-order chi connectivity index (χ0) is 21.0. The van der Waals surface area contributed by atoms with E-state index in [1.807, 2.05) is 42.7 Å². The molecule has 6 heteroatoms. The Balaban J connectivity index is 1.34. The van der Waals surface area contributed by atoms with Gasteiger partial charge in [-0.2, -0.15) is 0 Å². The molecule has 0 aliphatic carbocycles. The number of hydrogen-bond acceptors (Lipinski definition) is 6. The number of nitrogens with zero attached hydrogens (tertiary/aromatic N) is 4. The van der Waals surface area contributed by atoms with Crippen LogP contribution in [-0.2, 0) is 11.3 Å². The van der Waals surface area contributed by atoms with Gasteiger partial charge in [-0.25, -0.2) is 4.98 Å². The standard InChI is InChI=1S/C25H24N4O2/c1-30-20-9-7-18(8-10-20)23-14-26-15-24(28-23)25-17-29(12-13-31-25)16-19-4-2-6-22-21(19)5-3-11-27-22/h2-11,14-15,25H,12-13,16-17H2,1H3. The van der Waals surface area contributed by atoms with Gasteiger partial charge in [-0.15, -0.1) is 0 Å². The Kier molecular flexibility index (Phi) is 5.56. The fourth-order valence-electron chi connectivity index (χ4n) is 4.01. The maximum atomic E-state index is 6.07. The molecule has 0 N–H and O–H groups in total. The molecule has 0 radical (unpaired) electrons. The summed E-state index contributed by atoms with van der Waals surface area (Å²) in [7, 11) is 1.66. The molecule has 1 atom stereocenters. The second-order valence-corrected chi connectivity index (χ2v) is 7.64. The third-order valence-corrected chi connectivity index (χ3v) is 5.65. The summed E-state index contributed by atoms with van der Waals surface area (Å²) >= 11 is 0. The monoisotopic (exact) mass is 412 g/mol. The van der Waals surface area contributed by atoms with E-state index in [1.165, 1.54) is 10.9 Å². The molecule has 1 fully saturated rings. The molecule has 0 amide bonds. The smallest absolute Gasteiger partial charge is 0.118 e. The van der Waals surface area contributed by atoms with E-state index in [1.54, 1.807) is 13.3 Å². The van der Waals surface area contributed by atoms with Gasteiger partial charge in [0.2, 0.25) is 0 Å². The van der Waals surface area contributed by atoms with Gasteiger partial charge in [0.25, 0.3) is 0 Å². The normalized spacial score (nSPS) is 17.0. The Labute approximate surface area is 181 Å². The first kappa shape index (κ1) is 19.6. The number of hydrogen-bond donors (Lipinski definition) is 0. The number of benzene rings is 2. The molecule has 5 rings (SSSR count). The summed E-state index contributed by atoms with van der Waals surface area (Å²) in [5.74, 6) is 0.822. The van der Waals surface area contributed by atoms with Crippen molar-refractivity contribution in [3.8, 4) is 17.0 Å². The zero-order valence-corrected chi connectivity index (χ0v) is 17.4. The van der Waals surface area contributed by atoms with Crippen molar-refractivity contribution in [1.82, 2.24) is 19.9 Å². The molecule has 2 aromatic heterocycles. The SMILES string of the molecule is COc1ccc(-c2cncc(C3CN(Cc4cccc5ncccc45)CCO3)n2)cc1. The molecular formula is C25H24N4O2. The maximum absolute atomic E-state index is 6.07. The fourth-order valence-corrected chi connectivity index (χ4v) is 4.01. The molecule has 2 aromatic carbocycles. The molecule has 0 spiro atoms. The van der Waals surface area contributed by atoms with Crippen LogP contribution in [0.15, 0.2) is 73.2 Å². The lowest BCUT2D eigenvalue weighted by Gasteiger charge is -2.32. The number of pyridine rings is 1. The Hall–Kier alpha value is -3.35. The van der Waals surface area contributed by atoms with Crippen LogP contribution in [0.1, 0.15) is 17.4 Å². The third kappa shape index (κ3) is 4.26. The van der Waals surface area contributed by atoms with E-state index in [4.69, 9.17) is 14.5 Å². The predicted molar refractivity (Wildman–Crippen MR) is 120 cm³/mol. The molecule has 4 aromatic rings. The van der Waals surface area contributed by atoms with Gasteiger partial charge in [0, 0.05) is 36.8 Å². The Morgan fingerprint density at radius 2 is 1.97 bits per heavy atom. The van der Waals surface area contributed by atoms with Gasteiger partial charge in [-0.05, 0) is 42.0 Å². The highest BCUT2D eigenvalue weighted by atomic mass is 16.5. The lowest BCUT2D eigenvalue weighted by Crippen LogP contribution is -2.38. The van der Waals surface area contributed by atoms with Crippen molar-refractivity contribution in [1.29, 1.82) is 0 Å². The zero-order valence-electron chi connectivity index (χ0n) is 17.4. The van der Waals surface area contributed by atoms with Crippen molar-refractivity contribution in [2.45, 2.75) is 12.6 Å². The first-order chi connectivity index (χ1) is 15.3. The van der Waals surface area contributed by atoms with Crippen molar-refractivity contribution in [3.63, 3.8) is 0 Å². The van der Waals surface area contributed by atoms with Crippen LogP contribution in [-0.4, -0.2) is 46.7 Å². The summed E-state index contributed by atoms with van der Waals surface area (Å²) in [5.41, 5.74) is 5.01. The molecule has 1 aliphatic rings. The average molecular weight is 412 g/mol. The van der Waals surface area contributed by atoms with Crippen molar-refractivity contribution in [2.24, 2.45) is 0 Å². The summed E-state index contributed by atoms with van der Waals surface area (Å²) in [5, 5.41) is 1.20. The van der Waals surface area contributed by atoms with Crippen LogP contribution in [0.25, 0.3) is 22.2 Å². The molecule has 31 heavy (non-hydrogen) atoms. The van der Waals surface area contributed by atoms with Gasteiger partial charge in [0.1, 0.15) is 11.9 Å². The van der Waals surface area contributed by atoms with E-state index in [-0.39, 0.29) is 6.10 Å². The van der Waals surface area contributed by atoms with E-state index < -0.39 is 0 Å². The van der Waals surface area contributed by atoms with Crippen molar-refractivity contribution >= 4 is 10.9 Å². The quantitative estimate of drug-likeness (QED) is 0.488. The second kappa shape index (κ2) is 8.79. The minimum absolute atomic E-state index is 0.104. The van der Waals surface area contributed by atoms with Crippen LogP contribution < -0.4 is 4.74 Å². The third-order valence-electron chi connectivity index (χ3n) is 5.65. The van der Waals surface area contributed by atoms with Gasteiger partial charge >= 0.3 is 0 Å². The van der Waals surface area contributed by atoms with Crippen molar-refractivity contribution in [2.75, 3.05) is 26.8 Å². The molecule has 3 heterocycles. The molecule has 1 unspecified atom stereocenters. The number of ether oxygens (including phenoxy) is 2. The van der Waals surface area contributed by atoms with E-state index in [0.29, 0.717) is 6.61 Å². The molecule has 0 bridgehead atoms. The Morgan fingerprint density at radius 1 is 1.06 bits per heavy atom. The highest BCUT2D eigenvalue weighted by Crippen LogP contribution is 2.26. The van der Waals surface area contributed by atoms with Crippen LogP contribution in [0.5, 0.6) is 5.75 Å². The molecule has 0 saturated carbocycles. The Morgan fingerprint density at radius 3 is 2.84 bits per heavy atom. The highest BCUT2D eigenvalue weighted by molar-refractivity contribution is 5.81. The number of aromatic nitrogens is 3. The molecular weight excluding hydrogens is 388 g/mol. The van der Waals surface area contributed by atoms with Crippen molar-refractivity contribution < 1.29 is 9.47 Å². The van der Waals surface area contributed by atoms with Crippen LogP contribution in [0.4, 0.5) is 0 Å². The summed E-state index contributed by atoms with van der Waals surface area (Å²) in [4.78, 5) is 16.2. The largest absolute Gasteiger partial charge is 0.497 e. The highest BCUT2D eigenvalue weighted by Gasteiger charge is 2.24. The average Bonchev–Trinajstić information content (AvgIpc) is 2.85. The lowest BCUT2D eigenvalue weighted by atomic mass is 10.1. The van der Waals surface area contributed by atoms with E-state index in [2.05, 4.69) is 39.1 Å². The first-order valence-electron chi connectivity index (χ1n) is 10.4. The van der Waals surface area contributed by atoms with Gasteiger partial charge in [0.05, 0.1) is 43.0 Å². The van der Waals surface area contributed by atoms with Crippen LogP contribution in [0.3, 0.4) is 0 Å². The minimum Gasteiger partial charge on any atom is -0.497 e. The topological polar surface area (TPSA) is 60.4 Å². The summed E-state index contributed by atoms with van der Waals surface area (Å²) < 4.78 is 11.3. The number of fused-ring (bicyclic) bond motifs is 1. The Bertz CT molecular complexity index is 1170. The minimum atomic E-state index is -0.104. The van der Waals surface area contributed by atoms with Gasteiger partial charge < -0.3 is 9.47 Å². The summed E-state index contributed by atoms with van der Waals surface area (Å²) in [6.07, 6.45) is 5.33. The summed E-state index contributed by atoms with van der Waals surface area (Å²) in [6, 6.07) is 18.3. The lowest BCUT2D eigenvalue weighted by molar-refractivity contribution is -0.0349. The molecule has 1 aliphatic heterocycles. The molecule has 1 saturated heterocycles. The van der Waals surface area contributed by atoms with E-state index in [0.717, 1.165) is 47.9 Å². The van der Waals surface area contributed by atoms with E-state index >= 15 is 0 Å². The van der Waals surface area contributed by atoms with Gasteiger partial charge in [0.15, 0.2) is 0 Å².